The van der Waals surface area contributed by atoms with Crippen LogP contribution in [0.5, 0.6) is 0 Å². The van der Waals surface area contributed by atoms with Crippen LogP contribution in [0.4, 0.5) is 0 Å². The monoisotopic (exact) mass is 309 g/mol. The molecule has 1 unspecified atom stereocenters. The van der Waals surface area contributed by atoms with E-state index in [1.807, 2.05) is 6.92 Å². The molecule has 1 amide bonds. The first kappa shape index (κ1) is 14.6. The number of halogens is 2. The number of amides is 1. The summed E-state index contributed by atoms with van der Waals surface area (Å²) in [6, 6.07) is 5.06. The SMILES string of the molecule is CC(NC(=O)/C=C/c1c(Cl)cccc1Cl)c1cn[nH]c1. The maximum absolute atomic E-state index is 11.8. The van der Waals surface area contributed by atoms with Crippen LogP contribution < -0.4 is 5.32 Å². The maximum Gasteiger partial charge on any atom is 0.244 e. The summed E-state index contributed by atoms with van der Waals surface area (Å²) in [4.78, 5) is 11.8. The minimum atomic E-state index is -0.227. The highest BCUT2D eigenvalue weighted by Crippen LogP contribution is 2.25. The van der Waals surface area contributed by atoms with Gasteiger partial charge >= 0.3 is 0 Å². The molecule has 0 saturated carbocycles. The fourth-order valence-electron chi connectivity index (χ4n) is 1.67. The summed E-state index contributed by atoms with van der Waals surface area (Å²) >= 11 is 12.0. The second kappa shape index (κ2) is 6.59. The van der Waals surface area contributed by atoms with Crippen molar-refractivity contribution >= 4 is 35.2 Å². The predicted molar refractivity (Wildman–Crippen MR) is 80.6 cm³/mol. The van der Waals surface area contributed by atoms with Crippen LogP contribution >= 0.6 is 23.2 Å². The molecule has 2 N–H and O–H groups in total. The molecule has 0 aliphatic carbocycles. The molecule has 104 valence electrons. The molecule has 1 aromatic carbocycles. The van der Waals surface area contributed by atoms with Crippen molar-refractivity contribution in [3.8, 4) is 0 Å². The molecule has 0 bridgehead atoms. The molecule has 0 spiro atoms. The van der Waals surface area contributed by atoms with Crippen molar-refractivity contribution in [3.05, 3.63) is 57.8 Å². The van der Waals surface area contributed by atoms with Crippen molar-refractivity contribution in [2.45, 2.75) is 13.0 Å². The van der Waals surface area contributed by atoms with Crippen molar-refractivity contribution < 1.29 is 4.79 Å². The van der Waals surface area contributed by atoms with Gasteiger partial charge in [0, 0.05) is 33.4 Å². The number of carbonyl (C=O) groups excluding carboxylic acids is 1. The Labute approximate surface area is 126 Å². The first-order chi connectivity index (χ1) is 9.58. The minimum Gasteiger partial charge on any atom is -0.346 e. The fourth-order valence-corrected chi connectivity index (χ4v) is 2.19. The van der Waals surface area contributed by atoms with E-state index in [0.717, 1.165) is 5.56 Å². The lowest BCUT2D eigenvalue weighted by molar-refractivity contribution is -0.117. The van der Waals surface area contributed by atoms with Crippen LogP contribution in [0.3, 0.4) is 0 Å². The number of aromatic amines is 1. The Morgan fingerprint density at radius 3 is 2.70 bits per heavy atom. The second-order valence-electron chi connectivity index (χ2n) is 4.23. The van der Waals surface area contributed by atoms with Crippen molar-refractivity contribution in [1.82, 2.24) is 15.5 Å². The third-order valence-electron chi connectivity index (χ3n) is 2.78. The van der Waals surface area contributed by atoms with Crippen molar-refractivity contribution in [2.75, 3.05) is 0 Å². The highest BCUT2D eigenvalue weighted by molar-refractivity contribution is 6.37. The fraction of sp³-hybridized carbons (Fsp3) is 0.143. The molecule has 0 aliphatic heterocycles. The van der Waals surface area contributed by atoms with Gasteiger partial charge in [0.2, 0.25) is 5.91 Å². The van der Waals surface area contributed by atoms with Gasteiger partial charge in [-0.15, -0.1) is 0 Å². The number of nitrogens with zero attached hydrogens (tertiary/aromatic N) is 1. The van der Waals surface area contributed by atoms with Crippen LogP contribution in [-0.4, -0.2) is 16.1 Å². The largest absolute Gasteiger partial charge is 0.346 e. The van der Waals surface area contributed by atoms with E-state index in [9.17, 15) is 4.79 Å². The molecule has 1 aromatic heterocycles. The Morgan fingerprint density at radius 1 is 1.40 bits per heavy atom. The zero-order valence-electron chi connectivity index (χ0n) is 10.7. The van der Waals surface area contributed by atoms with Crippen LogP contribution in [0, 0.1) is 0 Å². The lowest BCUT2D eigenvalue weighted by atomic mass is 10.2. The number of rotatable bonds is 4. The Balaban J connectivity index is 2.03. The number of hydrogen-bond acceptors (Lipinski definition) is 2. The maximum atomic E-state index is 11.8. The summed E-state index contributed by atoms with van der Waals surface area (Å²) in [5.74, 6) is -0.227. The van der Waals surface area contributed by atoms with Gasteiger partial charge < -0.3 is 5.32 Å². The van der Waals surface area contributed by atoms with Crippen molar-refractivity contribution in [1.29, 1.82) is 0 Å². The van der Waals surface area contributed by atoms with Gasteiger partial charge in [0.25, 0.3) is 0 Å². The van der Waals surface area contributed by atoms with E-state index in [2.05, 4.69) is 15.5 Å². The van der Waals surface area contributed by atoms with E-state index in [-0.39, 0.29) is 11.9 Å². The zero-order chi connectivity index (χ0) is 14.5. The van der Waals surface area contributed by atoms with E-state index in [1.165, 1.54) is 6.08 Å². The van der Waals surface area contributed by atoms with Gasteiger partial charge in [0.05, 0.1) is 12.2 Å². The minimum absolute atomic E-state index is 0.132. The topological polar surface area (TPSA) is 57.8 Å². The lowest BCUT2D eigenvalue weighted by Crippen LogP contribution is -2.24. The third-order valence-corrected chi connectivity index (χ3v) is 3.44. The average Bonchev–Trinajstić information content (AvgIpc) is 2.92. The smallest absolute Gasteiger partial charge is 0.244 e. The van der Waals surface area contributed by atoms with Crippen LogP contribution in [0.2, 0.25) is 10.0 Å². The summed E-state index contributed by atoms with van der Waals surface area (Å²) in [7, 11) is 0. The number of H-pyrrole nitrogens is 1. The van der Waals surface area contributed by atoms with E-state index < -0.39 is 0 Å². The number of carbonyl (C=O) groups is 1. The van der Waals surface area contributed by atoms with Gasteiger partial charge in [0.1, 0.15) is 0 Å². The highest BCUT2D eigenvalue weighted by Gasteiger charge is 2.08. The van der Waals surface area contributed by atoms with Gasteiger partial charge in [-0.25, -0.2) is 0 Å². The van der Waals surface area contributed by atoms with Gasteiger partial charge in [-0.05, 0) is 25.1 Å². The predicted octanol–water partition coefficient (Wildman–Crippen LogP) is 3.61. The summed E-state index contributed by atoms with van der Waals surface area (Å²) in [5.41, 5.74) is 1.53. The van der Waals surface area contributed by atoms with Gasteiger partial charge in [-0.3, -0.25) is 9.89 Å². The first-order valence-corrected chi connectivity index (χ1v) is 6.75. The van der Waals surface area contributed by atoms with Crippen LogP contribution in [0.15, 0.2) is 36.7 Å². The molecule has 4 nitrogen and oxygen atoms in total. The Bertz CT molecular complexity index is 603. The molecular formula is C14H13Cl2N3O. The summed E-state index contributed by atoms with van der Waals surface area (Å²) in [5, 5.41) is 10.4. The van der Waals surface area contributed by atoms with E-state index >= 15 is 0 Å². The Hall–Kier alpha value is -1.78. The Kier molecular flexibility index (Phi) is 4.82. The molecule has 1 heterocycles. The summed E-state index contributed by atoms with van der Waals surface area (Å²) in [6.07, 6.45) is 6.41. The zero-order valence-corrected chi connectivity index (χ0v) is 12.2. The van der Waals surface area contributed by atoms with Gasteiger partial charge in [0.15, 0.2) is 0 Å². The van der Waals surface area contributed by atoms with E-state index in [1.54, 1.807) is 36.7 Å². The third kappa shape index (κ3) is 3.62. The van der Waals surface area contributed by atoms with E-state index in [4.69, 9.17) is 23.2 Å². The van der Waals surface area contributed by atoms with Crippen LogP contribution in [-0.2, 0) is 4.79 Å². The normalized spacial score (nSPS) is 12.6. The van der Waals surface area contributed by atoms with Crippen LogP contribution in [0.25, 0.3) is 6.08 Å². The molecule has 0 radical (unpaired) electrons. The number of benzene rings is 1. The molecule has 2 aromatic rings. The number of nitrogens with one attached hydrogen (secondary N) is 2. The summed E-state index contributed by atoms with van der Waals surface area (Å²) < 4.78 is 0. The molecular weight excluding hydrogens is 297 g/mol. The molecule has 1 atom stereocenters. The van der Waals surface area contributed by atoms with Gasteiger partial charge in [-0.2, -0.15) is 5.10 Å². The molecule has 0 aliphatic rings. The quantitative estimate of drug-likeness (QED) is 0.848. The molecule has 20 heavy (non-hydrogen) atoms. The van der Waals surface area contributed by atoms with Crippen molar-refractivity contribution in [3.63, 3.8) is 0 Å². The standard InChI is InChI=1S/C14H13Cl2N3O/c1-9(10-7-17-18-8-10)19-14(20)6-5-11-12(15)3-2-4-13(11)16/h2-9H,1H3,(H,17,18)(H,19,20)/b6-5+. The molecule has 6 heteroatoms. The Morgan fingerprint density at radius 2 is 2.10 bits per heavy atom. The molecule has 0 saturated heterocycles. The lowest BCUT2D eigenvalue weighted by Gasteiger charge is -2.09. The van der Waals surface area contributed by atoms with E-state index in [0.29, 0.717) is 15.6 Å². The second-order valence-corrected chi connectivity index (χ2v) is 5.04. The average molecular weight is 310 g/mol. The first-order valence-electron chi connectivity index (χ1n) is 5.99. The summed E-state index contributed by atoms with van der Waals surface area (Å²) in [6.45, 7) is 1.87. The highest BCUT2D eigenvalue weighted by atomic mass is 35.5. The number of hydrogen-bond donors (Lipinski definition) is 2. The number of aromatic nitrogens is 2. The molecule has 2 rings (SSSR count). The van der Waals surface area contributed by atoms with Crippen LogP contribution in [0.1, 0.15) is 24.1 Å². The van der Waals surface area contributed by atoms with Gasteiger partial charge in [-0.1, -0.05) is 29.3 Å². The molecule has 0 fully saturated rings. The van der Waals surface area contributed by atoms with Crippen molar-refractivity contribution in [2.24, 2.45) is 0 Å².